The molecule has 214 valence electrons. The fourth-order valence-corrected chi connectivity index (χ4v) is 4.03. The number of carboxylic acid groups (broad SMARTS) is 3. The Bertz CT molecular complexity index is 996. The zero-order chi connectivity index (χ0) is 29.5. The quantitative estimate of drug-likeness (QED) is 0.472. The minimum atomic E-state index is -5.08. The minimum absolute atomic E-state index is 0.00169. The van der Waals surface area contributed by atoms with Gasteiger partial charge in [0.1, 0.15) is 0 Å². The van der Waals surface area contributed by atoms with Gasteiger partial charge in [0.2, 0.25) is 0 Å². The van der Waals surface area contributed by atoms with Crippen molar-refractivity contribution in [2.75, 3.05) is 32.7 Å². The Morgan fingerprint density at radius 1 is 1.03 bits per heavy atom. The maximum absolute atomic E-state index is 13.9. The second-order valence-corrected chi connectivity index (χ2v) is 8.30. The van der Waals surface area contributed by atoms with Crippen molar-refractivity contribution in [2.24, 2.45) is 11.3 Å². The van der Waals surface area contributed by atoms with Gasteiger partial charge in [-0.3, -0.25) is 14.6 Å². The van der Waals surface area contributed by atoms with Crippen molar-refractivity contribution < 1.29 is 65.2 Å². The Hall–Kier alpha value is -3.50. The lowest BCUT2D eigenvalue weighted by Gasteiger charge is -2.29. The van der Waals surface area contributed by atoms with Gasteiger partial charge in [-0.2, -0.15) is 26.3 Å². The summed E-state index contributed by atoms with van der Waals surface area (Å²) >= 11 is 0. The topological polar surface area (TPSA) is 148 Å². The molecular formula is C21H24F7N3O7. The van der Waals surface area contributed by atoms with Crippen LogP contribution in [0, 0.1) is 17.2 Å². The third kappa shape index (κ3) is 8.53. The highest BCUT2D eigenvalue weighted by molar-refractivity contribution is 5.94. The average Bonchev–Trinajstić information content (AvgIpc) is 3.06. The van der Waals surface area contributed by atoms with Gasteiger partial charge < -0.3 is 25.1 Å². The normalized spacial score (nSPS) is 21.6. The molecule has 3 rings (SSSR count). The number of carboxylic acids is 3. The number of pyridine rings is 1. The number of nitrogens with zero attached hydrogens (tertiary/aromatic N) is 3. The van der Waals surface area contributed by atoms with E-state index < -0.39 is 41.5 Å². The van der Waals surface area contributed by atoms with Crippen LogP contribution in [0.5, 0.6) is 0 Å². The van der Waals surface area contributed by atoms with Crippen molar-refractivity contribution in [3.8, 4) is 0 Å². The van der Waals surface area contributed by atoms with E-state index in [1.165, 1.54) is 12.3 Å². The lowest BCUT2D eigenvalue weighted by molar-refractivity contribution is -0.193. The first kappa shape index (κ1) is 32.5. The monoisotopic (exact) mass is 563 g/mol. The minimum Gasteiger partial charge on any atom is -0.481 e. The number of alkyl halides is 6. The van der Waals surface area contributed by atoms with Crippen molar-refractivity contribution in [1.82, 2.24) is 14.8 Å². The number of likely N-dealkylation sites (tertiary alicyclic amines) is 2. The Morgan fingerprint density at radius 2 is 1.55 bits per heavy atom. The van der Waals surface area contributed by atoms with Crippen LogP contribution < -0.4 is 0 Å². The molecule has 2 aliphatic rings. The summed E-state index contributed by atoms with van der Waals surface area (Å²) in [6.45, 7) is 4.79. The molecule has 3 N–H and O–H groups in total. The summed E-state index contributed by atoms with van der Waals surface area (Å²) in [4.78, 5) is 49.8. The molecule has 0 saturated carbocycles. The molecule has 2 saturated heterocycles. The summed E-state index contributed by atoms with van der Waals surface area (Å²) < 4.78 is 77.3. The molecular weight excluding hydrogens is 539 g/mol. The van der Waals surface area contributed by atoms with E-state index in [9.17, 15) is 45.4 Å². The standard InChI is InChI=1S/C17H22FN3O3.2C2HF3O2/c1-2-20-9-12-10-21(7-3-5-17(12,11-20)16(23)24)15(22)13-4-6-19-8-14(13)18;2*3-2(4,5)1(6)7/h4,6,8,12H,2-3,5,7,9-11H2,1H3,(H,23,24);2*(H,6,7)/t12-,17+;;/m1../s1. The van der Waals surface area contributed by atoms with E-state index in [0.29, 0.717) is 39.0 Å². The molecule has 3 heterocycles. The first-order chi connectivity index (χ1) is 17.4. The summed E-state index contributed by atoms with van der Waals surface area (Å²) in [5.74, 6) is -7.46. The van der Waals surface area contributed by atoms with Crippen LogP contribution >= 0.6 is 0 Å². The smallest absolute Gasteiger partial charge is 0.481 e. The molecule has 10 nitrogen and oxygen atoms in total. The molecule has 2 atom stereocenters. The molecule has 1 aromatic heterocycles. The maximum atomic E-state index is 13.9. The number of rotatable bonds is 3. The maximum Gasteiger partial charge on any atom is 0.490 e. The first-order valence-electron chi connectivity index (χ1n) is 10.8. The SMILES string of the molecule is CCN1C[C@@H]2CN(C(=O)c3ccncc3F)CCC[C@]2(C(=O)O)C1.O=C(O)C(F)(F)F.O=C(O)C(F)(F)F. The number of amides is 1. The van der Waals surface area contributed by atoms with Gasteiger partial charge in [0.15, 0.2) is 5.82 Å². The van der Waals surface area contributed by atoms with Crippen molar-refractivity contribution in [3.05, 3.63) is 29.8 Å². The fourth-order valence-electron chi connectivity index (χ4n) is 4.03. The molecule has 38 heavy (non-hydrogen) atoms. The molecule has 0 unspecified atom stereocenters. The van der Waals surface area contributed by atoms with Crippen molar-refractivity contribution >= 4 is 23.8 Å². The predicted molar refractivity (Wildman–Crippen MR) is 112 cm³/mol. The van der Waals surface area contributed by atoms with Crippen LogP contribution in [0.15, 0.2) is 18.5 Å². The summed E-state index contributed by atoms with van der Waals surface area (Å²) in [6, 6.07) is 1.38. The van der Waals surface area contributed by atoms with Crippen molar-refractivity contribution in [3.63, 3.8) is 0 Å². The van der Waals surface area contributed by atoms with Gasteiger partial charge in [0.25, 0.3) is 5.91 Å². The first-order valence-corrected chi connectivity index (χ1v) is 10.8. The number of carbonyl (C=O) groups excluding carboxylic acids is 1. The molecule has 2 aliphatic heterocycles. The fraction of sp³-hybridized carbons (Fsp3) is 0.571. The van der Waals surface area contributed by atoms with Gasteiger partial charge in [0.05, 0.1) is 17.2 Å². The Labute approximate surface area is 210 Å². The molecule has 0 spiro atoms. The van der Waals surface area contributed by atoms with E-state index in [2.05, 4.69) is 9.88 Å². The molecule has 1 amide bonds. The number of hydrogen-bond acceptors (Lipinski definition) is 6. The van der Waals surface area contributed by atoms with E-state index in [1.54, 1.807) is 4.90 Å². The molecule has 0 aliphatic carbocycles. The van der Waals surface area contributed by atoms with E-state index in [-0.39, 0.29) is 17.4 Å². The summed E-state index contributed by atoms with van der Waals surface area (Å²) in [5.41, 5.74) is -0.805. The third-order valence-electron chi connectivity index (χ3n) is 5.91. The van der Waals surface area contributed by atoms with Crippen molar-refractivity contribution in [2.45, 2.75) is 32.1 Å². The Morgan fingerprint density at radius 3 is 1.97 bits per heavy atom. The number of aliphatic carboxylic acids is 3. The van der Waals surface area contributed by atoms with E-state index in [0.717, 1.165) is 12.7 Å². The zero-order valence-electron chi connectivity index (χ0n) is 19.7. The van der Waals surface area contributed by atoms with Crippen LogP contribution in [0.1, 0.15) is 30.1 Å². The number of aromatic nitrogens is 1. The number of carbonyl (C=O) groups is 4. The highest BCUT2D eigenvalue weighted by atomic mass is 19.4. The van der Waals surface area contributed by atoms with Crippen LogP contribution in [0.4, 0.5) is 30.7 Å². The third-order valence-corrected chi connectivity index (χ3v) is 5.91. The number of fused-ring (bicyclic) bond motifs is 1. The summed E-state index contributed by atoms with van der Waals surface area (Å²) in [6.07, 6.45) is -6.59. The van der Waals surface area contributed by atoms with Crippen LogP contribution in [-0.4, -0.2) is 99.0 Å². The van der Waals surface area contributed by atoms with Crippen LogP contribution in [0.2, 0.25) is 0 Å². The summed E-state index contributed by atoms with van der Waals surface area (Å²) in [5, 5.41) is 24.1. The van der Waals surface area contributed by atoms with E-state index in [1.807, 2.05) is 6.92 Å². The average molecular weight is 563 g/mol. The van der Waals surface area contributed by atoms with E-state index >= 15 is 0 Å². The molecule has 0 bridgehead atoms. The molecule has 0 radical (unpaired) electrons. The van der Waals surface area contributed by atoms with Gasteiger partial charge in [-0.1, -0.05) is 6.92 Å². The van der Waals surface area contributed by atoms with Gasteiger partial charge in [-0.15, -0.1) is 0 Å². The van der Waals surface area contributed by atoms with E-state index in [4.69, 9.17) is 19.8 Å². The van der Waals surface area contributed by atoms with Gasteiger partial charge in [-0.25, -0.2) is 14.0 Å². The largest absolute Gasteiger partial charge is 0.490 e. The molecule has 17 heteroatoms. The number of hydrogen-bond donors (Lipinski definition) is 3. The second kappa shape index (κ2) is 12.8. The summed E-state index contributed by atoms with van der Waals surface area (Å²) in [7, 11) is 0. The lowest BCUT2D eigenvalue weighted by atomic mass is 9.75. The second-order valence-electron chi connectivity index (χ2n) is 8.30. The number of halogens is 7. The highest BCUT2D eigenvalue weighted by Crippen LogP contribution is 2.43. The Kier molecular flexibility index (Phi) is 11.0. The highest BCUT2D eigenvalue weighted by Gasteiger charge is 2.53. The van der Waals surface area contributed by atoms with Crippen molar-refractivity contribution in [1.29, 1.82) is 0 Å². The van der Waals surface area contributed by atoms with Gasteiger partial charge in [-0.05, 0) is 25.5 Å². The lowest BCUT2D eigenvalue weighted by Crippen LogP contribution is -2.42. The van der Waals surface area contributed by atoms with Crippen LogP contribution in [-0.2, 0) is 14.4 Å². The molecule has 0 aromatic carbocycles. The predicted octanol–water partition coefficient (Wildman–Crippen LogP) is 2.75. The zero-order valence-corrected chi connectivity index (χ0v) is 19.7. The van der Waals surface area contributed by atoms with Crippen LogP contribution in [0.3, 0.4) is 0 Å². The molecule has 2 fully saturated rings. The van der Waals surface area contributed by atoms with Crippen LogP contribution in [0.25, 0.3) is 0 Å². The molecule has 1 aromatic rings. The van der Waals surface area contributed by atoms with Gasteiger partial charge >= 0.3 is 30.3 Å². The Balaban J connectivity index is 0.000000426. The van der Waals surface area contributed by atoms with Gasteiger partial charge in [0, 0.05) is 38.3 Å².